The van der Waals surface area contributed by atoms with Crippen molar-refractivity contribution >= 4 is 52.8 Å². The average Bonchev–Trinajstić information content (AvgIpc) is 3.58. The van der Waals surface area contributed by atoms with E-state index in [0.717, 1.165) is 25.7 Å². The highest BCUT2D eigenvalue weighted by Crippen LogP contribution is 2.29. The first-order valence-corrected chi connectivity index (χ1v) is 17.5. The van der Waals surface area contributed by atoms with E-state index in [9.17, 15) is 14.4 Å². The van der Waals surface area contributed by atoms with Gasteiger partial charge in [0, 0.05) is 45.9 Å². The molecule has 0 bridgehead atoms. The number of piperidine rings is 1. The number of likely N-dealkylation sites (tertiary alicyclic amines) is 1. The van der Waals surface area contributed by atoms with Crippen LogP contribution in [0.1, 0.15) is 89.1 Å². The number of carbonyl (C=O) groups excluding carboxylic acids is 3. The Balaban J connectivity index is 0.00000265. The molecule has 1 aliphatic carbocycles. The van der Waals surface area contributed by atoms with Gasteiger partial charge in [0.1, 0.15) is 17.7 Å². The third-order valence-corrected chi connectivity index (χ3v) is 8.85. The lowest BCUT2D eigenvalue weighted by Gasteiger charge is -2.39. The maximum absolute atomic E-state index is 13.5. The molecule has 4 N–H and O–H groups in total. The van der Waals surface area contributed by atoms with Crippen LogP contribution in [-0.4, -0.2) is 63.2 Å². The molecule has 1 aromatic heterocycles. The summed E-state index contributed by atoms with van der Waals surface area (Å²) in [7, 11) is 0. The van der Waals surface area contributed by atoms with Crippen molar-refractivity contribution in [1.29, 1.82) is 0 Å². The molecule has 1 aliphatic heterocycles. The van der Waals surface area contributed by atoms with Gasteiger partial charge < -0.3 is 25.8 Å². The normalized spacial score (nSPS) is 17.8. The minimum atomic E-state index is -0.868. The monoisotopic (exact) mass is 712 g/mol. The predicted octanol–water partition coefficient (Wildman–Crippen LogP) is 7.65. The molecule has 2 aliphatic rings. The number of rotatable bonds is 8. The molecule has 0 spiro atoms. The molecule has 11 nitrogen and oxygen atoms in total. The van der Waals surface area contributed by atoms with Crippen molar-refractivity contribution in [3.05, 3.63) is 69.8 Å². The molecule has 1 saturated heterocycles. The molecule has 1 unspecified atom stereocenters. The maximum atomic E-state index is 13.5. The molecule has 2 amide bonds. The van der Waals surface area contributed by atoms with Gasteiger partial charge in [0.2, 0.25) is 0 Å². The van der Waals surface area contributed by atoms with Crippen LogP contribution in [0.3, 0.4) is 0 Å². The number of nitrogens with one attached hydrogen (secondary N) is 2. The number of halogens is 2. The van der Waals surface area contributed by atoms with Gasteiger partial charge in [-0.1, -0.05) is 55.2 Å². The molecule has 2 atom stereocenters. The number of ether oxygens (including phenoxy) is 2. The zero-order chi connectivity index (χ0) is 35.7. The summed E-state index contributed by atoms with van der Waals surface area (Å²) >= 11 is 12.6. The zero-order valence-corrected chi connectivity index (χ0v) is 30.2. The summed E-state index contributed by atoms with van der Waals surface area (Å²) in [6.07, 6.45) is 5.11. The molecular formula is C36H46Cl2N6O5. The summed E-state index contributed by atoms with van der Waals surface area (Å²) in [5.74, 6) is -0.238. The largest absolute Gasteiger partial charge is 0.461 e. The highest BCUT2D eigenvalue weighted by Gasteiger charge is 2.40. The van der Waals surface area contributed by atoms with Crippen molar-refractivity contribution in [1.82, 2.24) is 20.2 Å². The number of anilines is 2. The first-order chi connectivity index (χ1) is 23.4. The number of hydrogen-bond acceptors (Lipinski definition) is 9. The number of carbonyl (C=O) groups is 3. The van der Waals surface area contributed by atoms with E-state index >= 15 is 0 Å². The molecular weight excluding hydrogens is 667 g/mol. The molecule has 264 valence electrons. The van der Waals surface area contributed by atoms with Gasteiger partial charge in [-0.15, -0.1) is 0 Å². The molecule has 2 aromatic carbocycles. The van der Waals surface area contributed by atoms with E-state index in [-0.39, 0.29) is 43.4 Å². The van der Waals surface area contributed by atoms with E-state index in [1.165, 1.54) is 11.1 Å². The predicted molar refractivity (Wildman–Crippen MR) is 193 cm³/mol. The quantitative estimate of drug-likeness (QED) is 0.200. The minimum absolute atomic E-state index is 0.151. The van der Waals surface area contributed by atoms with Crippen LogP contribution >= 0.6 is 23.2 Å². The standard InChI is InChI=1S/C34H40Cl2N6O5.C2H6/c1-34(2,3)47-33(45)42-15-14-22(17-28(42)32(44)46-23-10-4-5-11-23)40-31(43)21-9-6-8-20(16-21)27-19-38-29(37)30(41-27)39-18-24-25(35)12-7-13-26(24)36;1-2/h6-9,12-13,16,19,22-23,28H,4-5,10-11,14-15,17-18H2,1-3H3,(H2,37,38)(H,39,41)(H,40,43);1-2H3/t22?,28-;/m1./s1. The number of nitrogens with zero attached hydrogens (tertiary/aromatic N) is 3. The number of nitrogen functional groups attached to an aromatic ring is 1. The Morgan fingerprint density at radius 1 is 1.02 bits per heavy atom. The van der Waals surface area contributed by atoms with Crippen LogP contribution in [0.25, 0.3) is 11.3 Å². The van der Waals surface area contributed by atoms with Crippen molar-refractivity contribution in [2.24, 2.45) is 0 Å². The number of benzene rings is 2. The van der Waals surface area contributed by atoms with Gasteiger partial charge >= 0.3 is 12.1 Å². The fourth-order valence-corrected chi connectivity index (χ4v) is 6.27. The third-order valence-electron chi connectivity index (χ3n) is 8.14. The second-order valence-corrected chi connectivity index (χ2v) is 13.7. The maximum Gasteiger partial charge on any atom is 0.411 e. The van der Waals surface area contributed by atoms with Crippen molar-refractivity contribution < 1.29 is 23.9 Å². The van der Waals surface area contributed by atoms with Crippen molar-refractivity contribution in [3.63, 3.8) is 0 Å². The fraction of sp³-hybridized carbons (Fsp3) is 0.472. The summed E-state index contributed by atoms with van der Waals surface area (Å²) < 4.78 is 11.4. The van der Waals surface area contributed by atoms with Crippen molar-refractivity contribution in [2.45, 2.75) is 103 Å². The lowest BCUT2D eigenvalue weighted by atomic mass is 9.96. The average molecular weight is 714 g/mol. The second-order valence-electron chi connectivity index (χ2n) is 12.9. The molecule has 1 saturated carbocycles. The number of amides is 2. The SMILES string of the molecule is CC.CC(C)(C)OC(=O)N1CCC(NC(=O)c2cccc(-c3cnc(N)c(NCc4c(Cl)cccc4Cl)n3)c2)C[C@@H]1C(=O)OC1CCCC1. The van der Waals surface area contributed by atoms with Crippen LogP contribution in [0.2, 0.25) is 10.0 Å². The number of esters is 1. The van der Waals surface area contributed by atoms with E-state index in [1.54, 1.807) is 57.2 Å². The topological polar surface area (TPSA) is 149 Å². The summed E-state index contributed by atoms with van der Waals surface area (Å²) in [6, 6.07) is 11.0. The Hall–Kier alpha value is -4.09. The molecule has 49 heavy (non-hydrogen) atoms. The highest BCUT2D eigenvalue weighted by atomic mass is 35.5. The number of hydrogen-bond donors (Lipinski definition) is 3. The molecule has 2 heterocycles. The lowest BCUT2D eigenvalue weighted by molar-refractivity contribution is -0.156. The van der Waals surface area contributed by atoms with Gasteiger partial charge in [-0.2, -0.15) is 0 Å². The van der Waals surface area contributed by atoms with E-state index in [2.05, 4.69) is 20.6 Å². The lowest BCUT2D eigenvalue weighted by Crippen LogP contribution is -2.56. The Morgan fingerprint density at radius 2 is 1.69 bits per heavy atom. The molecule has 0 radical (unpaired) electrons. The Bertz CT molecular complexity index is 1610. The smallest absolute Gasteiger partial charge is 0.411 e. The summed E-state index contributed by atoms with van der Waals surface area (Å²) in [5, 5.41) is 7.23. The Kier molecular flexibility index (Phi) is 13.1. The first-order valence-electron chi connectivity index (χ1n) is 16.8. The van der Waals surface area contributed by atoms with Gasteiger partial charge in [-0.3, -0.25) is 9.69 Å². The number of aromatic nitrogens is 2. The van der Waals surface area contributed by atoms with Crippen molar-refractivity contribution in [3.8, 4) is 11.3 Å². The van der Waals surface area contributed by atoms with Crippen LogP contribution < -0.4 is 16.4 Å². The van der Waals surface area contributed by atoms with Crippen LogP contribution in [0, 0.1) is 0 Å². The molecule has 5 rings (SSSR count). The molecule has 2 fully saturated rings. The van der Waals surface area contributed by atoms with Gasteiger partial charge in [0.25, 0.3) is 5.91 Å². The first kappa shape index (κ1) is 37.7. The fourth-order valence-electron chi connectivity index (χ4n) is 5.74. The van der Waals surface area contributed by atoms with Gasteiger partial charge in [0.15, 0.2) is 11.6 Å². The Labute approximate surface area is 298 Å². The van der Waals surface area contributed by atoms with E-state index < -0.39 is 23.7 Å². The zero-order valence-electron chi connectivity index (χ0n) is 28.7. The van der Waals surface area contributed by atoms with E-state index in [4.69, 9.17) is 38.4 Å². The van der Waals surface area contributed by atoms with E-state index in [1.807, 2.05) is 19.9 Å². The van der Waals surface area contributed by atoms with Crippen LogP contribution in [0.15, 0.2) is 48.7 Å². The number of nitrogens with two attached hydrogens (primary N) is 1. The molecule has 13 heteroatoms. The summed E-state index contributed by atoms with van der Waals surface area (Å²) in [6.45, 7) is 9.86. The van der Waals surface area contributed by atoms with Gasteiger partial charge in [-0.25, -0.2) is 19.6 Å². The summed E-state index contributed by atoms with van der Waals surface area (Å²) in [4.78, 5) is 50.2. The highest BCUT2D eigenvalue weighted by molar-refractivity contribution is 6.36. The third kappa shape index (κ3) is 10.2. The van der Waals surface area contributed by atoms with Gasteiger partial charge in [0.05, 0.1) is 11.9 Å². The molecule has 3 aromatic rings. The van der Waals surface area contributed by atoms with E-state index in [0.29, 0.717) is 44.7 Å². The summed E-state index contributed by atoms with van der Waals surface area (Å²) in [5.41, 5.74) is 7.63. The van der Waals surface area contributed by atoms with Crippen LogP contribution in [-0.2, 0) is 20.8 Å². The van der Waals surface area contributed by atoms with Crippen molar-refractivity contribution in [2.75, 3.05) is 17.6 Å². The van der Waals surface area contributed by atoms with Gasteiger partial charge in [-0.05, 0) is 83.6 Å². The minimum Gasteiger partial charge on any atom is -0.461 e. The van der Waals surface area contributed by atoms with Crippen LogP contribution in [0.4, 0.5) is 16.4 Å². The van der Waals surface area contributed by atoms with Crippen LogP contribution in [0.5, 0.6) is 0 Å². The Morgan fingerprint density at radius 3 is 2.37 bits per heavy atom. The second kappa shape index (κ2) is 17.0.